The molecule has 5 nitrogen and oxygen atoms in total. The van der Waals surface area contributed by atoms with Crippen molar-refractivity contribution >= 4 is 28.7 Å². The summed E-state index contributed by atoms with van der Waals surface area (Å²) in [5, 5.41) is 20.3. The van der Waals surface area contributed by atoms with Gasteiger partial charge in [0.05, 0.1) is 10.6 Å². The van der Waals surface area contributed by atoms with Crippen LogP contribution in [0.3, 0.4) is 0 Å². The molecule has 6 heteroatoms. The molecule has 2 aromatic rings. The molecule has 0 unspecified atom stereocenters. The Kier molecular flexibility index (Phi) is 4.08. The largest absolute Gasteiger partial charge is 0.269 e. The summed E-state index contributed by atoms with van der Waals surface area (Å²) in [7, 11) is 0. The lowest BCUT2D eigenvalue weighted by Gasteiger charge is -1.99. The topological polar surface area (TPSA) is 79.3 Å². The Morgan fingerprint density at radius 3 is 2.25 bits per heavy atom. The van der Waals surface area contributed by atoms with E-state index < -0.39 is 4.92 Å². The second-order valence-electron chi connectivity index (χ2n) is 3.85. The molecular formula is C14H8ClN3O2. The van der Waals surface area contributed by atoms with Crippen molar-refractivity contribution in [3.8, 4) is 6.07 Å². The Balaban J connectivity index is 2.35. The van der Waals surface area contributed by atoms with Gasteiger partial charge in [0, 0.05) is 22.7 Å². The first kappa shape index (κ1) is 13.7. The molecule has 2 rings (SSSR count). The van der Waals surface area contributed by atoms with Crippen LogP contribution in [0, 0.1) is 21.4 Å². The fraction of sp³-hybridized carbons (Fsp3) is 0. The van der Waals surface area contributed by atoms with E-state index in [1.165, 1.54) is 24.3 Å². The van der Waals surface area contributed by atoms with Crippen LogP contribution in [0.15, 0.2) is 53.5 Å². The normalized spacial score (nSPS) is 10.9. The van der Waals surface area contributed by atoms with E-state index in [0.717, 1.165) is 0 Å². The van der Waals surface area contributed by atoms with Crippen molar-refractivity contribution in [1.29, 1.82) is 5.26 Å². The molecule has 2 aromatic carbocycles. The highest BCUT2D eigenvalue weighted by atomic mass is 35.5. The molecule has 0 aliphatic heterocycles. The summed E-state index contributed by atoms with van der Waals surface area (Å²) in [4.78, 5) is 14.3. The van der Waals surface area contributed by atoms with E-state index in [2.05, 4.69) is 4.99 Å². The Hall–Kier alpha value is -2.71. The third-order valence-electron chi connectivity index (χ3n) is 2.52. The summed E-state index contributed by atoms with van der Waals surface area (Å²) in [5.74, 6) is 0. The summed E-state index contributed by atoms with van der Waals surface area (Å²) in [6, 6.07) is 14.4. The van der Waals surface area contributed by atoms with E-state index in [9.17, 15) is 10.1 Å². The van der Waals surface area contributed by atoms with Gasteiger partial charge in [0.2, 0.25) is 0 Å². The van der Waals surface area contributed by atoms with Crippen molar-refractivity contribution in [2.24, 2.45) is 4.99 Å². The highest BCUT2D eigenvalue weighted by molar-refractivity contribution is 6.30. The number of aliphatic imine (C=N–C) groups is 1. The molecule has 0 aliphatic carbocycles. The van der Waals surface area contributed by atoms with Crippen molar-refractivity contribution < 1.29 is 4.92 Å². The lowest BCUT2D eigenvalue weighted by Crippen LogP contribution is -1.97. The molecule has 0 saturated carbocycles. The van der Waals surface area contributed by atoms with Crippen LogP contribution in [0.4, 0.5) is 11.4 Å². The summed E-state index contributed by atoms with van der Waals surface area (Å²) < 4.78 is 0. The lowest BCUT2D eigenvalue weighted by molar-refractivity contribution is -0.384. The maximum atomic E-state index is 10.6. The molecule has 0 heterocycles. The molecule has 0 N–H and O–H groups in total. The van der Waals surface area contributed by atoms with Crippen LogP contribution in [0.2, 0.25) is 5.02 Å². The molecule has 0 spiro atoms. The maximum absolute atomic E-state index is 10.6. The summed E-state index contributed by atoms with van der Waals surface area (Å²) in [5.41, 5.74) is 1.26. The van der Waals surface area contributed by atoms with Gasteiger partial charge in [-0.1, -0.05) is 11.6 Å². The van der Waals surface area contributed by atoms with Crippen LogP contribution in [-0.2, 0) is 0 Å². The number of benzene rings is 2. The van der Waals surface area contributed by atoms with E-state index in [0.29, 0.717) is 16.3 Å². The minimum absolute atomic E-state index is 0.0301. The van der Waals surface area contributed by atoms with Gasteiger partial charge in [-0.3, -0.25) is 10.1 Å². The fourth-order valence-corrected chi connectivity index (χ4v) is 1.67. The number of nitro groups is 1. The molecule has 20 heavy (non-hydrogen) atoms. The Bertz CT molecular complexity index is 701. The van der Waals surface area contributed by atoms with E-state index in [1.54, 1.807) is 24.3 Å². The van der Waals surface area contributed by atoms with Crippen LogP contribution < -0.4 is 0 Å². The second kappa shape index (κ2) is 5.95. The smallest absolute Gasteiger partial charge is 0.258 e. The molecular weight excluding hydrogens is 278 g/mol. The minimum Gasteiger partial charge on any atom is -0.258 e. The van der Waals surface area contributed by atoms with E-state index in [4.69, 9.17) is 16.9 Å². The first-order chi connectivity index (χ1) is 9.60. The number of hydrogen-bond acceptors (Lipinski definition) is 4. The quantitative estimate of drug-likeness (QED) is 0.487. The fourth-order valence-electron chi connectivity index (χ4n) is 1.54. The van der Waals surface area contributed by atoms with Crippen molar-refractivity contribution in [2.45, 2.75) is 0 Å². The Morgan fingerprint density at radius 2 is 1.75 bits per heavy atom. The van der Waals surface area contributed by atoms with Crippen LogP contribution in [0.5, 0.6) is 0 Å². The summed E-state index contributed by atoms with van der Waals surface area (Å²) in [6.07, 6.45) is 0. The number of nitrogens with zero attached hydrogens (tertiary/aromatic N) is 3. The molecule has 0 amide bonds. The molecule has 0 aliphatic rings. The van der Waals surface area contributed by atoms with Crippen LogP contribution in [0.1, 0.15) is 5.56 Å². The zero-order valence-electron chi connectivity index (χ0n) is 10.2. The molecule has 0 radical (unpaired) electrons. The highest BCUT2D eigenvalue weighted by Gasteiger charge is 2.07. The van der Waals surface area contributed by atoms with E-state index in [-0.39, 0.29) is 11.4 Å². The van der Waals surface area contributed by atoms with Gasteiger partial charge in [0.15, 0.2) is 0 Å². The van der Waals surface area contributed by atoms with Crippen LogP contribution >= 0.6 is 11.6 Å². The average Bonchev–Trinajstić information content (AvgIpc) is 2.47. The van der Waals surface area contributed by atoms with Crippen molar-refractivity contribution in [3.63, 3.8) is 0 Å². The summed E-state index contributed by atoms with van der Waals surface area (Å²) >= 11 is 5.77. The first-order valence-electron chi connectivity index (χ1n) is 5.59. The van der Waals surface area contributed by atoms with Crippen molar-refractivity contribution in [1.82, 2.24) is 0 Å². The van der Waals surface area contributed by atoms with E-state index >= 15 is 0 Å². The lowest BCUT2D eigenvalue weighted by atomic mass is 10.1. The van der Waals surface area contributed by atoms with Gasteiger partial charge in [-0.15, -0.1) is 0 Å². The molecule has 0 bridgehead atoms. The van der Waals surface area contributed by atoms with Gasteiger partial charge < -0.3 is 0 Å². The minimum atomic E-state index is -0.494. The monoisotopic (exact) mass is 285 g/mol. The molecule has 0 fully saturated rings. The predicted molar refractivity (Wildman–Crippen MR) is 76.4 cm³/mol. The number of non-ortho nitro benzene ring substituents is 1. The maximum Gasteiger partial charge on any atom is 0.269 e. The van der Waals surface area contributed by atoms with E-state index in [1.807, 2.05) is 6.07 Å². The van der Waals surface area contributed by atoms with Gasteiger partial charge >= 0.3 is 0 Å². The van der Waals surface area contributed by atoms with Gasteiger partial charge in [-0.25, -0.2) is 4.99 Å². The standard InChI is InChI=1S/C14H8ClN3O2/c15-11-3-5-12(6-4-11)17-14(9-16)10-1-7-13(8-2-10)18(19)20/h1-8H. The van der Waals surface area contributed by atoms with Crippen LogP contribution in [0.25, 0.3) is 0 Å². The number of nitriles is 1. The van der Waals surface area contributed by atoms with Gasteiger partial charge in [-0.05, 0) is 36.4 Å². The predicted octanol–water partition coefficient (Wildman–Crippen LogP) is 3.89. The molecule has 0 saturated heterocycles. The van der Waals surface area contributed by atoms with Gasteiger partial charge in [0.1, 0.15) is 11.8 Å². The molecule has 0 aromatic heterocycles. The first-order valence-corrected chi connectivity index (χ1v) is 5.97. The Morgan fingerprint density at radius 1 is 1.15 bits per heavy atom. The number of rotatable bonds is 3. The third kappa shape index (κ3) is 3.19. The SMILES string of the molecule is N#CC(=Nc1ccc(Cl)cc1)c1ccc([N+](=O)[O-])cc1. The highest BCUT2D eigenvalue weighted by Crippen LogP contribution is 2.19. The zero-order valence-corrected chi connectivity index (χ0v) is 10.9. The zero-order chi connectivity index (χ0) is 14.5. The van der Waals surface area contributed by atoms with Gasteiger partial charge in [-0.2, -0.15) is 5.26 Å². The number of nitro benzene ring substituents is 1. The average molecular weight is 286 g/mol. The summed E-state index contributed by atoms with van der Waals surface area (Å²) in [6.45, 7) is 0. The number of hydrogen-bond donors (Lipinski definition) is 0. The molecule has 98 valence electrons. The van der Waals surface area contributed by atoms with Crippen molar-refractivity contribution in [3.05, 3.63) is 69.2 Å². The molecule has 0 atom stereocenters. The number of halogens is 1. The van der Waals surface area contributed by atoms with Gasteiger partial charge in [0.25, 0.3) is 5.69 Å². The third-order valence-corrected chi connectivity index (χ3v) is 2.78. The van der Waals surface area contributed by atoms with Crippen LogP contribution in [-0.4, -0.2) is 10.6 Å². The van der Waals surface area contributed by atoms with Crippen molar-refractivity contribution in [2.75, 3.05) is 0 Å². The Labute approximate surface area is 119 Å². The second-order valence-corrected chi connectivity index (χ2v) is 4.29.